The molecule has 1 saturated heterocycles. The first kappa shape index (κ1) is 13.2. The molecule has 5 nitrogen and oxygen atoms in total. The summed E-state index contributed by atoms with van der Waals surface area (Å²) in [6.07, 6.45) is 8.88. The molecule has 1 aliphatic rings. The number of aromatic nitrogens is 3. The lowest BCUT2D eigenvalue weighted by atomic mass is 9.95. The zero-order chi connectivity index (χ0) is 13.6. The van der Waals surface area contributed by atoms with E-state index in [1.165, 1.54) is 12.8 Å². The van der Waals surface area contributed by atoms with Gasteiger partial charge in [-0.3, -0.25) is 4.98 Å². The molecule has 1 atom stereocenters. The molecule has 5 heteroatoms. The summed E-state index contributed by atoms with van der Waals surface area (Å²) < 4.78 is 5.33. The fourth-order valence-corrected chi connectivity index (χ4v) is 2.65. The molecular weight excluding hydrogens is 252 g/mol. The van der Waals surface area contributed by atoms with Gasteiger partial charge in [-0.15, -0.1) is 0 Å². The summed E-state index contributed by atoms with van der Waals surface area (Å²) in [7, 11) is 0. The molecule has 0 bridgehead atoms. The normalized spacial score (nSPS) is 19.1. The van der Waals surface area contributed by atoms with Crippen LogP contribution < -0.4 is 5.32 Å². The van der Waals surface area contributed by atoms with Crippen molar-refractivity contribution in [2.45, 2.75) is 32.1 Å². The second kappa shape index (κ2) is 6.61. The third kappa shape index (κ3) is 3.63. The largest absolute Gasteiger partial charge is 0.339 e. The highest BCUT2D eigenvalue weighted by Crippen LogP contribution is 2.16. The van der Waals surface area contributed by atoms with Crippen molar-refractivity contribution in [2.24, 2.45) is 5.92 Å². The van der Waals surface area contributed by atoms with E-state index in [2.05, 4.69) is 20.4 Å². The maximum atomic E-state index is 5.33. The molecule has 1 aliphatic heterocycles. The van der Waals surface area contributed by atoms with Crippen LogP contribution in [0.5, 0.6) is 0 Å². The van der Waals surface area contributed by atoms with Gasteiger partial charge in [-0.1, -0.05) is 11.2 Å². The van der Waals surface area contributed by atoms with Crippen LogP contribution in [0.3, 0.4) is 0 Å². The fourth-order valence-electron chi connectivity index (χ4n) is 2.65. The molecule has 20 heavy (non-hydrogen) atoms. The van der Waals surface area contributed by atoms with Gasteiger partial charge in [0.05, 0.1) is 0 Å². The lowest BCUT2D eigenvalue weighted by molar-refractivity contribution is 0.326. The van der Waals surface area contributed by atoms with Gasteiger partial charge in [0.15, 0.2) is 5.82 Å². The molecule has 3 heterocycles. The lowest BCUT2D eigenvalue weighted by Crippen LogP contribution is -2.29. The topological polar surface area (TPSA) is 63.8 Å². The van der Waals surface area contributed by atoms with Crippen LogP contribution in [-0.4, -0.2) is 28.2 Å². The summed E-state index contributed by atoms with van der Waals surface area (Å²) in [5, 5.41) is 7.48. The van der Waals surface area contributed by atoms with Gasteiger partial charge in [0, 0.05) is 25.2 Å². The smallest absolute Gasteiger partial charge is 0.226 e. The van der Waals surface area contributed by atoms with E-state index in [4.69, 9.17) is 4.52 Å². The van der Waals surface area contributed by atoms with Gasteiger partial charge in [0.25, 0.3) is 0 Å². The van der Waals surface area contributed by atoms with Crippen LogP contribution in [0.15, 0.2) is 29.0 Å². The molecule has 3 rings (SSSR count). The van der Waals surface area contributed by atoms with Crippen LogP contribution in [-0.2, 0) is 12.8 Å². The van der Waals surface area contributed by atoms with Gasteiger partial charge in [-0.25, -0.2) is 0 Å². The number of hydrogen-bond acceptors (Lipinski definition) is 5. The second-order valence-corrected chi connectivity index (χ2v) is 5.39. The Labute approximate surface area is 118 Å². The van der Waals surface area contributed by atoms with Crippen molar-refractivity contribution in [3.8, 4) is 0 Å². The number of piperidine rings is 1. The number of hydrogen-bond donors (Lipinski definition) is 1. The average Bonchev–Trinajstić information content (AvgIpc) is 2.95. The van der Waals surface area contributed by atoms with Crippen LogP contribution in [0.2, 0.25) is 0 Å². The van der Waals surface area contributed by atoms with Crippen LogP contribution in [0, 0.1) is 5.92 Å². The Hall–Kier alpha value is -1.75. The average molecular weight is 272 g/mol. The van der Waals surface area contributed by atoms with E-state index in [1.807, 2.05) is 18.3 Å². The number of nitrogens with one attached hydrogen (secondary N) is 1. The maximum Gasteiger partial charge on any atom is 0.226 e. The molecule has 0 saturated carbocycles. The summed E-state index contributed by atoms with van der Waals surface area (Å²) in [4.78, 5) is 8.56. The Kier molecular flexibility index (Phi) is 4.38. The Morgan fingerprint density at radius 1 is 1.40 bits per heavy atom. The third-order valence-electron chi connectivity index (χ3n) is 3.76. The van der Waals surface area contributed by atoms with Crippen LogP contribution >= 0.6 is 0 Å². The number of nitrogens with zero attached hydrogens (tertiary/aromatic N) is 3. The summed E-state index contributed by atoms with van der Waals surface area (Å²) in [5.74, 6) is 2.25. The van der Waals surface area contributed by atoms with Gasteiger partial charge in [-0.2, -0.15) is 4.98 Å². The predicted octanol–water partition coefficient (Wildman–Crippen LogP) is 1.99. The number of pyridine rings is 1. The van der Waals surface area contributed by atoms with Crippen molar-refractivity contribution >= 4 is 0 Å². The minimum atomic E-state index is 0.683. The second-order valence-electron chi connectivity index (χ2n) is 5.39. The van der Waals surface area contributed by atoms with E-state index in [-0.39, 0.29) is 0 Å². The van der Waals surface area contributed by atoms with Crippen LogP contribution in [0.25, 0.3) is 0 Å². The zero-order valence-electron chi connectivity index (χ0n) is 11.6. The van der Waals surface area contributed by atoms with Crippen molar-refractivity contribution < 1.29 is 4.52 Å². The van der Waals surface area contributed by atoms with Crippen LogP contribution in [0.1, 0.15) is 36.5 Å². The van der Waals surface area contributed by atoms with E-state index < -0.39 is 0 Å². The highest BCUT2D eigenvalue weighted by molar-refractivity contribution is 5.13. The molecule has 0 aromatic carbocycles. The summed E-state index contributed by atoms with van der Waals surface area (Å²) in [5.41, 5.74) is 1.11. The molecule has 1 unspecified atom stereocenters. The van der Waals surface area contributed by atoms with Gasteiger partial charge in [-0.05, 0) is 49.9 Å². The number of aryl methyl sites for hydroxylation is 1. The van der Waals surface area contributed by atoms with Crippen molar-refractivity contribution in [2.75, 3.05) is 13.1 Å². The number of rotatable bonds is 5. The van der Waals surface area contributed by atoms with Crippen molar-refractivity contribution in [3.05, 3.63) is 41.8 Å². The molecule has 1 N–H and O–H groups in total. The first-order valence-corrected chi connectivity index (χ1v) is 7.31. The molecular formula is C15H20N4O. The quantitative estimate of drug-likeness (QED) is 0.901. The molecule has 0 spiro atoms. The van der Waals surface area contributed by atoms with E-state index in [0.717, 1.165) is 49.1 Å². The van der Waals surface area contributed by atoms with Crippen molar-refractivity contribution in [1.82, 2.24) is 20.4 Å². The van der Waals surface area contributed by atoms with E-state index in [1.54, 1.807) is 6.20 Å². The minimum Gasteiger partial charge on any atom is -0.339 e. The van der Waals surface area contributed by atoms with Gasteiger partial charge >= 0.3 is 0 Å². The van der Waals surface area contributed by atoms with E-state index >= 15 is 0 Å². The zero-order valence-corrected chi connectivity index (χ0v) is 11.6. The Balaban J connectivity index is 1.51. The fraction of sp³-hybridized carbons (Fsp3) is 0.533. The summed E-state index contributed by atoms with van der Waals surface area (Å²) in [6, 6.07) is 3.95. The third-order valence-corrected chi connectivity index (χ3v) is 3.76. The molecule has 2 aromatic rings. The molecule has 0 aliphatic carbocycles. The highest BCUT2D eigenvalue weighted by atomic mass is 16.5. The van der Waals surface area contributed by atoms with Gasteiger partial charge in [0.2, 0.25) is 5.89 Å². The maximum absolute atomic E-state index is 5.33. The molecule has 0 radical (unpaired) electrons. The molecule has 0 amide bonds. The Morgan fingerprint density at radius 2 is 2.40 bits per heavy atom. The van der Waals surface area contributed by atoms with Gasteiger partial charge in [0.1, 0.15) is 0 Å². The first-order valence-electron chi connectivity index (χ1n) is 7.31. The predicted molar refractivity (Wildman–Crippen MR) is 75.3 cm³/mol. The van der Waals surface area contributed by atoms with E-state index in [0.29, 0.717) is 6.42 Å². The van der Waals surface area contributed by atoms with Crippen LogP contribution in [0.4, 0.5) is 0 Å². The summed E-state index contributed by atoms with van der Waals surface area (Å²) in [6.45, 7) is 2.28. The lowest BCUT2D eigenvalue weighted by Gasteiger charge is -2.21. The minimum absolute atomic E-state index is 0.683. The SMILES string of the molecule is c1cncc(Cc2noc(CCC3CCCNC3)n2)c1. The van der Waals surface area contributed by atoms with Crippen molar-refractivity contribution in [1.29, 1.82) is 0 Å². The van der Waals surface area contributed by atoms with Gasteiger partial charge < -0.3 is 9.84 Å². The monoisotopic (exact) mass is 272 g/mol. The highest BCUT2D eigenvalue weighted by Gasteiger charge is 2.15. The first-order chi connectivity index (χ1) is 9.90. The standard InChI is InChI=1S/C15H20N4O/c1-3-12(10-16-7-1)5-6-15-18-14(19-20-15)9-13-4-2-8-17-11-13/h2,4,8,11-12,16H,1,3,5-7,9-10H2. The molecule has 106 valence electrons. The van der Waals surface area contributed by atoms with Crippen molar-refractivity contribution in [3.63, 3.8) is 0 Å². The Bertz CT molecular complexity index is 520. The van der Waals surface area contributed by atoms with E-state index in [9.17, 15) is 0 Å². The summed E-state index contributed by atoms with van der Waals surface area (Å²) >= 11 is 0. The molecule has 2 aromatic heterocycles. The molecule has 1 fully saturated rings. The Morgan fingerprint density at radius 3 is 3.20 bits per heavy atom.